The molecule has 20 heavy (non-hydrogen) atoms. The van der Waals surface area contributed by atoms with E-state index in [0.717, 1.165) is 17.7 Å². The molecule has 0 saturated heterocycles. The molecule has 0 saturated carbocycles. The van der Waals surface area contributed by atoms with Gasteiger partial charge < -0.3 is 10.4 Å². The quantitative estimate of drug-likeness (QED) is 0.882. The second kappa shape index (κ2) is 6.01. The summed E-state index contributed by atoms with van der Waals surface area (Å²) in [5.74, 6) is -0.713. The van der Waals surface area contributed by atoms with Gasteiger partial charge in [-0.15, -0.1) is 0 Å². The number of phenolic OH excluding ortho intramolecular Hbond substituents is 1. The zero-order chi connectivity index (χ0) is 14.7. The monoisotopic (exact) mass is 277 g/mol. The van der Waals surface area contributed by atoms with Crippen molar-refractivity contribution in [2.24, 2.45) is 0 Å². The first-order valence-electron chi connectivity index (χ1n) is 6.47. The van der Waals surface area contributed by atoms with Gasteiger partial charge in [-0.1, -0.05) is 12.1 Å². The molecule has 0 heterocycles. The average molecular weight is 277 g/mol. The molecule has 2 atom stereocenters. The van der Waals surface area contributed by atoms with Crippen LogP contribution >= 0.6 is 0 Å². The van der Waals surface area contributed by atoms with Crippen LogP contribution < -0.4 is 5.32 Å². The van der Waals surface area contributed by atoms with Gasteiger partial charge in [-0.25, -0.2) is 8.78 Å². The molecule has 0 aliphatic carbocycles. The van der Waals surface area contributed by atoms with Gasteiger partial charge in [-0.3, -0.25) is 0 Å². The Kier molecular flexibility index (Phi) is 4.35. The van der Waals surface area contributed by atoms with Crippen LogP contribution in [0.4, 0.5) is 8.78 Å². The van der Waals surface area contributed by atoms with Crippen LogP contribution in [0.2, 0.25) is 0 Å². The van der Waals surface area contributed by atoms with Crippen LogP contribution in [0, 0.1) is 11.6 Å². The van der Waals surface area contributed by atoms with Gasteiger partial charge >= 0.3 is 0 Å². The highest BCUT2D eigenvalue weighted by molar-refractivity contribution is 5.29. The van der Waals surface area contributed by atoms with E-state index in [9.17, 15) is 13.9 Å². The second-order valence-electron chi connectivity index (χ2n) is 4.87. The lowest BCUT2D eigenvalue weighted by Crippen LogP contribution is -2.23. The van der Waals surface area contributed by atoms with Crippen molar-refractivity contribution in [2.45, 2.75) is 25.9 Å². The Labute approximate surface area is 117 Å². The van der Waals surface area contributed by atoms with E-state index in [-0.39, 0.29) is 23.4 Å². The highest BCUT2D eigenvalue weighted by atomic mass is 19.1. The highest BCUT2D eigenvalue weighted by Crippen LogP contribution is 2.23. The van der Waals surface area contributed by atoms with Gasteiger partial charge in [0.15, 0.2) is 0 Å². The van der Waals surface area contributed by atoms with Crippen LogP contribution in [0.5, 0.6) is 5.75 Å². The Morgan fingerprint density at radius 3 is 2.45 bits per heavy atom. The summed E-state index contributed by atoms with van der Waals surface area (Å²) in [7, 11) is 0. The number of nitrogens with one attached hydrogen (secondary N) is 1. The number of hydrogen-bond acceptors (Lipinski definition) is 2. The Hall–Kier alpha value is -1.94. The Morgan fingerprint density at radius 1 is 1.00 bits per heavy atom. The normalized spacial score (nSPS) is 14.0. The topological polar surface area (TPSA) is 32.3 Å². The molecule has 2 aromatic rings. The molecule has 2 unspecified atom stereocenters. The summed E-state index contributed by atoms with van der Waals surface area (Å²) in [6, 6.07) is 9.83. The van der Waals surface area contributed by atoms with E-state index in [1.54, 1.807) is 25.1 Å². The van der Waals surface area contributed by atoms with Gasteiger partial charge in [0.2, 0.25) is 0 Å². The van der Waals surface area contributed by atoms with Crippen LogP contribution in [0.15, 0.2) is 42.5 Å². The van der Waals surface area contributed by atoms with Crippen LogP contribution in [-0.2, 0) is 0 Å². The van der Waals surface area contributed by atoms with E-state index < -0.39 is 11.6 Å². The van der Waals surface area contributed by atoms with Crippen LogP contribution in [0.25, 0.3) is 0 Å². The molecule has 0 bridgehead atoms. The van der Waals surface area contributed by atoms with E-state index in [0.29, 0.717) is 0 Å². The third-order valence-electron chi connectivity index (χ3n) is 3.29. The minimum absolute atomic E-state index is 0.0974. The number of rotatable bonds is 4. The summed E-state index contributed by atoms with van der Waals surface area (Å²) < 4.78 is 26.9. The molecular formula is C16H17F2NO. The molecule has 0 fully saturated rings. The predicted octanol–water partition coefficient (Wildman–Crippen LogP) is 4.08. The van der Waals surface area contributed by atoms with E-state index in [4.69, 9.17) is 0 Å². The number of phenols is 1. The van der Waals surface area contributed by atoms with Crippen molar-refractivity contribution in [1.82, 2.24) is 5.32 Å². The van der Waals surface area contributed by atoms with Crippen molar-refractivity contribution in [1.29, 1.82) is 0 Å². The van der Waals surface area contributed by atoms with E-state index >= 15 is 0 Å². The number of aromatic hydroxyl groups is 1. The minimum atomic E-state index is -0.458. The van der Waals surface area contributed by atoms with Gasteiger partial charge in [-0.2, -0.15) is 0 Å². The lowest BCUT2D eigenvalue weighted by atomic mass is 10.0. The molecule has 2 rings (SSSR count). The van der Waals surface area contributed by atoms with E-state index in [2.05, 4.69) is 5.32 Å². The second-order valence-corrected chi connectivity index (χ2v) is 4.87. The number of hydrogen-bond donors (Lipinski definition) is 2. The minimum Gasteiger partial charge on any atom is -0.508 e. The maximum atomic E-state index is 13.7. The van der Waals surface area contributed by atoms with Crippen molar-refractivity contribution in [2.75, 3.05) is 0 Å². The first kappa shape index (κ1) is 14.5. The smallest absolute Gasteiger partial charge is 0.128 e. The molecule has 0 radical (unpaired) electrons. The molecule has 2 aromatic carbocycles. The highest BCUT2D eigenvalue weighted by Gasteiger charge is 2.15. The average Bonchev–Trinajstić information content (AvgIpc) is 2.41. The summed E-state index contributed by atoms with van der Waals surface area (Å²) in [5.41, 5.74) is 1.17. The summed E-state index contributed by atoms with van der Waals surface area (Å²) in [6.45, 7) is 3.68. The molecule has 2 nitrogen and oxygen atoms in total. The third-order valence-corrected chi connectivity index (χ3v) is 3.29. The van der Waals surface area contributed by atoms with Crippen molar-refractivity contribution in [3.63, 3.8) is 0 Å². The zero-order valence-electron chi connectivity index (χ0n) is 11.4. The van der Waals surface area contributed by atoms with Crippen molar-refractivity contribution < 1.29 is 13.9 Å². The van der Waals surface area contributed by atoms with Gasteiger partial charge in [0.25, 0.3) is 0 Å². The fourth-order valence-corrected chi connectivity index (χ4v) is 2.20. The van der Waals surface area contributed by atoms with Crippen molar-refractivity contribution in [3.8, 4) is 5.75 Å². The zero-order valence-corrected chi connectivity index (χ0v) is 11.4. The number of benzene rings is 2. The lowest BCUT2D eigenvalue weighted by molar-refractivity contribution is 0.458. The predicted molar refractivity (Wildman–Crippen MR) is 74.4 cm³/mol. The number of halogens is 2. The first-order chi connectivity index (χ1) is 9.47. The Balaban J connectivity index is 2.15. The Bertz CT molecular complexity index is 601. The van der Waals surface area contributed by atoms with Gasteiger partial charge in [0.05, 0.1) is 0 Å². The Morgan fingerprint density at radius 2 is 1.75 bits per heavy atom. The molecule has 0 aliphatic rings. The molecular weight excluding hydrogens is 260 g/mol. The largest absolute Gasteiger partial charge is 0.508 e. The standard InChI is InChI=1S/C16H17F2NO/c1-10(12-4-3-5-14(20)8-12)19-11(2)15-9-13(17)6-7-16(15)18/h3-11,19-20H,1-2H3. The summed E-state index contributed by atoms with van der Waals surface area (Å²) in [6.07, 6.45) is 0. The van der Waals surface area contributed by atoms with Gasteiger partial charge in [-0.05, 0) is 49.7 Å². The lowest BCUT2D eigenvalue weighted by Gasteiger charge is -2.21. The first-order valence-corrected chi connectivity index (χ1v) is 6.47. The SMILES string of the molecule is CC(NC(C)c1cc(F)ccc1F)c1cccc(O)c1. The summed E-state index contributed by atoms with van der Waals surface area (Å²) >= 11 is 0. The van der Waals surface area contributed by atoms with Gasteiger partial charge in [0, 0.05) is 17.6 Å². The third kappa shape index (κ3) is 3.33. The molecule has 4 heteroatoms. The molecule has 2 N–H and O–H groups in total. The fourth-order valence-electron chi connectivity index (χ4n) is 2.20. The molecule has 0 spiro atoms. The molecule has 0 aromatic heterocycles. The van der Waals surface area contributed by atoms with Crippen molar-refractivity contribution >= 4 is 0 Å². The van der Waals surface area contributed by atoms with E-state index in [1.807, 2.05) is 13.0 Å². The summed E-state index contributed by atoms with van der Waals surface area (Å²) in [5, 5.41) is 12.6. The maximum Gasteiger partial charge on any atom is 0.128 e. The van der Waals surface area contributed by atoms with Crippen LogP contribution in [0.3, 0.4) is 0 Å². The van der Waals surface area contributed by atoms with Gasteiger partial charge in [0.1, 0.15) is 17.4 Å². The molecule has 0 amide bonds. The molecule has 106 valence electrons. The summed E-state index contributed by atoms with van der Waals surface area (Å²) in [4.78, 5) is 0. The fraction of sp³-hybridized carbons (Fsp3) is 0.250. The van der Waals surface area contributed by atoms with E-state index in [1.165, 1.54) is 6.07 Å². The van der Waals surface area contributed by atoms with Crippen LogP contribution in [0.1, 0.15) is 37.1 Å². The molecule has 0 aliphatic heterocycles. The van der Waals surface area contributed by atoms with Crippen LogP contribution in [-0.4, -0.2) is 5.11 Å². The van der Waals surface area contributed by atoms with Crippen molar-refractivity contribution in [3.05, 3.63) is 65.2 Å². The maximum absolute atomic E-state index is 13.7.